The molecule has 1 saturated heterocycles. The number of nitrogens with one attached hydrogen (secondary N) is 2. The van der Waals surface area contributed by atoms with Crippen molar-refractivity contribution in [1.82, 2.24) is 20.2 Å². The van der Waals surface area contributed by atoms with E-state index >= 15 is 0 Å². The van der Waals surface area contributed by atoms with Gasteiger partial charge < -0.3 is 10.1 Å². The number of likely N-dealkylation sites (N-methyl/N-ethyl adjacent to an activating group) is 1. The van der Waals surface area contributed by atoms with E-state index in [1.54, 1.807) is 12.4 Å². The molecule has 7 heteroatoms. The molecule has 2 heterocycles. The summed E-state index contributed by atoms with van der Waals surface area (Å²) in [6, 6.07) is 0.259. The van der Waals surface area contributed by atoms with Crippen LogP contribution >= 0.6 is 0 Å². The molecule has 1 aliphatic heterocycles. The Morgan fingerprint density at radius 2 is 2.10 bits per heavy atom. The number of anilines is 1. The standard InChI is InChI=1S/C14H23N5O2/c1-14(2,3)21-13(20)18-12-16-7-10(8-17-12)11-9-15-5-6-19(11)4/h7-8,11,15H,5-6,9H2,1-4H3,(H,16,17,18,20). The minimum atomic E-state index is -0.549. The summed E-state index contributed by atoms with van der Waals surface area (Å²) in [5.41, 5.74) is 0.486. The van der Waals surface area contributed by atoms with E-state index in [1.807, 2.05) is 20.8 Å². The lowest BCUT2D eigenvalue weighted by molar-refractivity contribution is 0.0634. The molecule has 21 heavy (non-hydrogen) atoms. The van der Waals surface area contributed by atoms with E-state index in [1.165, 1.54) is 0 Å². The van der Waals surface area contributed by atoms with Gasteiger partial charge in [0.1, 0.15) is 5.60 Å². The normalized spacial score (nSPS) is 20.1. The van der Waals surface area contributed by atoms with Gasteiger partial charge in [0, 0.05) is 37.6 Å². The quantitative estimate of drug-likeness (QED) is 0.858. The van der Waals surface area contributed by atoms with E-state index < -0.39 is 11.7 Å². The van der Waals surface area contributed by atoms with Crippen LogP contribution < -0.4 is 10.6 Å². The molecule has 1 unspecified atom stereocenters. The van der Waals surface area contributed by atoms with Crippen molar-refractivity contribution in [2.24, 2.45) is 0 Å². The van der Waals surface area contributed by atoms with Gasteiger partial charge >= 0.3 is 6.09 Å². The highest BCUT2D eigenvalue weighted by atomic mass is 16.6. The van der Waals surface area contributed by atoms with Crippen LogP contribution in [0, 0.1) is 0 Å². The molecule has 0 spiro atoms. The number of nitrogens with zero attached hydrogens (tertiary/aromatic N) is 3. The summed E-state index contributed by atoms with van der Waals surface area (Å²) in [5.74, 6) is 0.249. The lowest BCUT2D eigenvalue weighted by atomic mass is 10.1. The predicted molar refractivity (Wildman–Crippen MR) is 80.1 cm³/mol. The van der Waals surface area contributed by atoms with Crippen LogP contribution in [0.15, 0.2) is 12.4 Å². The zero-order chi connectivity index (χ0) is 15.5. The van der Waals surface area contributed by atoms with Gasteiger partial charge in [-0.05, 0) is 27.8 Å². The average Bonchev–Trinajstić information content (AvgIpc) is 2.38. The Morgan fingerprint density at radius 3 is 2.67 bits per heavy atom. The molecule has 7 nitrogen and oxygen atoms in total. The van der Waals surface area contributed by atoms with Crippen LogP contribution in [0.25, 0.3) is 0 Å². The molecule has 116 valence electrons. The number of hydrogen-bond acceptors (Lipinski definition) is 6. The number of carbonyl (C=O) groups excluding carboxylic acids is 1. The highest BCUT2D eigenvalue weighted by molar-refractivity contribution is 5.82. The first-order valence-corrected chi connectivity index (χ1v) is 7.08. The van der Waals surface area contributed by atoms with Crippen molar-refractivity contribution in [3.8, 4) is 0 Å². The van der Waals surface area contributed by atoms with Crippen LogP contribution in [0.2, 0.25) is 0 Å². The predicted octanol–water partition coefficient (Wildman–Crippen LogP) is 1.40. The van der Waals surface area contributed by atoms with E-state index in [0.29, 0.717) is 0 Å². The van der Waals surface area contributed by atoms with Crippen molar-refractivity contribution in [3.63, 3.8) is 0 Å². The number of hydrogen-bond donors (Lipinski definition) is 2. The lowest BCUT2D eigenvalue weighted by Gasteiger charge is -2.32. The molecular formula is C14H23N5O2. The van der Waals surface area contributed by atoms with Gasteiger partial charge in [-0.25, -0.2) is 14.8 Å². The molecule has 1 aromatic rings. The summed E-state index contributed by atoms with van der Waals surface area (Å²) in [5, 5.41) is 5.88. The van der Waals surface area contributed by atoms with Gasteiger partial charge in [-0.15, -0.1) is 0 Å². The molecule has 1 aromatic heterocycles. The van der Waals surface area contributed by atoms with Crippen LogP contribution in [0.5, 0.6) is 0 Å². The first kappa shape index (κ1) is 15.7. The molecule has 0 aromatic carbocycles. The molecule has 1 amide bonds. The lowest BCUT2D eigenvalue weighted by Crippen LogP contribution is -2.43. The van der Waals surface area contributed by atoms with Gasteiger partial charge in [0.15, 0.2) is 0 Å². The van der Waals surface area contributed by atoms with E-state index in [2.05, 4.69) is 32.5 Å². The van der Waals surface area contributed by atoms with Crippen molar-refractivity contribution in [1.29, 1.82) is 0 Å². The van der Waals surface area contributed by atoms with Crippen molar-refractivity contribution in [3.05, 3.63) is 18.0 Å². The molecule has 0 aliphatic carbocycles. The molecule has 1 atom stereocenters. The number of piperazine rings is 1. The molecule has 2 N–H and O–H groups in total. The zero-order valence-electron chi connectivity index (χ0n) is 13.0. The van der Waals surface area contributed by atoms with Crippen molar-refractivity contribution >= 4 is 12.0 Å². The van der Waals surface area contributed by atoms with Gasteiger partial charge in [0.25, 0.3) is 0 Å². The molecule has 0 radical (unpaired) electrons. The Labute approximate surface area is 125 Å². The fourth-order valence-electron chi connectivity index (χ4n) is 2.15. The Bertz CT molecular complexity index is 483. The Hall–Kier alpha value is -1.73. The molecule has 2 rings (SSSR count). The summed E-state index contributed by atoms with van der Waals surface area (Å²) in [6.07, 6.45) is 2.94. The number of amides is 1. The molecule has 0 saturated carbocycles. The Morgan fingerprint density at radius 1 is 1.43 bits per heavy atom. The summed E-state index contributed by atoms with van der Waals surface area (Å²) in [7, 11) is 2.08. The van der Waals surface area contributed by atoms with Gasteiger partial charge in [-0.1, -0.05) is 0 Å². The maximum atomic E-state index is 11.6. The summed E-state index contributed by atoms with van der Waals surface area (Å²) in [4.78, 5) is 22.3. The third-order valence-electron chi connectivity index (χ3n) is 3.18. The minimum absolute atomic E-state index is 0.249. The van der Waals surface area contributed by atoms with Gasteiger partial charge in [-0.2, -0.15) is 0 Å². The Balaban J connectivity index is 1.97. The maximum absolute atomic E-state index is 11.6. The molecular weight excluding hydrogens is 270 g/mol. The maximum Gasteiger partial charge on any atom is 0.414 e. The number of rotatable bonds is 2. The van der Waals surface area contributed by atoms with Crippen molar-refractivity contribution < 1.29 is 9.53 Å². The average molecular weight is 293 g/mol. The second-order valence-corrected chi connectivity index (χ2v) is 6.17. The summed E-state index contributed by atoms with van der Waals surface area (Å²) in [6.45, 7) is 8.28. The number of carbonyl (C=O) groups is 1. The van der Waals surface area contributed by atoms with Crippen LogP contribution in [-0.4, -0.2) is 53.2 Å². The van der Waals surface area contributed by atoms with Crippen LogP contribution in [-0.2, 0) is 4.74 Å². The fraction of sp³-hybridized carbons (Fsp3) is 0.643. The summed E-state index contributed by atoms with van der Waals surface area (Å²) < 4.78 is 5.16. The second kappa shape index (κ2) is 6.36. The Kier molecular flexibility index (Phi) is 4.74. The largest absolute Gasteiger partial charge is 0.444 e. The third-order valence-corrected chi connectivity index (χ3v) is 3.18. The highest BCUT2D eigenvalue weighted by Crippen LogP contribution is 2.19. The second-order valence-electron chi connectivity index (χ2n) is 6.17. The highest BCUT2D eigenvalue weighted by Gasteiger charge is 2.21. The van der Waals surface area contributed by atoms with Crippen LogP contribution in [0.3, 0.4) is 0 Å². The topological polar surface area (TPSA) is 79.4 Å². The first-order valence-electron chi connectivity index (χ1n) is 7.08. The smallest absolute Gasteiger partial charge is 0.414 e. The van der Waals surface area contributed by atoms with Gasteiger partial charge in [0.2, 0.25) is 5.95 Å². The van der Waals surface area contributed by atoms with Crippen molar-refractivity contribution in [2.75, 3.05) is 32.0 Å². The number of ether oxygens (including phenoxy) is 1. The molecule has 0 bridgehead atoms. The monoisotopic (exact) mass is 293 g/mol. The van der Waals surface area contributed by atoms with E-state index in [-0.39, 0.29) is 12.0 Å². The third kappa shape index (κ3) is 4.64. The van der Waals surface area contributed by atoms with Gasteiger partial charge in [0.05, 0.1) is 6.04 Å². The molecule has 1 fully saturated rings. The fourth-order valence-corrected chi connectivity index (χ4v) is 2.15. The van der Waals surface area contributed by atoms with E-state index in [4.69, 9.17) is 4.74 Å². The summed E-state index contributed by atoms with van der Waals surface area (Å²) >= 11 is 0. The number of aromatic nitrogens is 2. The first-order chi connectivity index (χ1) is 9.85. The minimum Gasteiger partial charge on any atom is -0.444 e. The van der Waals surface area contributed by atoms with Crippen LogP contribution in [0.4, 0.5) is 10.7 Å². The molecule has 1 aliphatic rings. The SMILES string of the molecule is CN1CCNCC1c1cnc(NC(=O)OC(C)(C)C)nc1. The van der Waals surface area contributed by atoms with Gasteiger partial charge in [-0.3, -0.25) is 10.2 Å². The van der Waals surface area contributed by atoms with E-state index in [0.717, 1.165) is 25.2 Å². The van der Waals surface area contributed by atoms with E-state index in [9.17, 15) is 4.79 Å². The van der Waals surface area contributed by atoms with Crippen molar-refractivity contribution in [2.45, 2.75) is 32.4 Å². The van der Waals surface area contributed by atoms with Crippen LogP contribution in [0.1, 0.15) is 32.4 Å². The zero-order valence-corrected chi connectivity index (χ0v) is 13.0.